The molecule has 1 heterocycles. The molecular formula is C16H10O5. The van der Waals surface area contributed by atoms with E-state index in [2.05, 4.69) is 0 Å². The van der Waals surface area contributed by atoms with Crippen molar-refractivity contribution < 1.29 is 13.9 Å². The van der Waals surface area contributed by atoms with Gasteiger partial charge >= 0.3 is 0 Å². The molecular weight excluding hydrogens is 272 g/mol. The maximum absolute atomic E-state index is 12.4. The van der Waals surface area contributed by atoms with Gasteiger partial charge in [0.05, 0.1) is 14.2 Å². The smallest absolute Gasteiger partial charge is 0.233 e. The fourth-order valence-electron chi connectivity index (χ4n) is 2.70. The lowest BCUT2D eigenvalue weighted by molar-refractivity contribution is 0.356. The van der Waals surface area contributed by atoms with Gasteiger partial charge in [0.15, 0.2) is 11.5 Å². The van der Waals surface area contributed by atoms with E-state index in [9.17, 15) is 9.59 Å². The Labute approximate surface area is 117 Å². The number of rotatable bonds is 2. The van der Waals surface area contributed by atoms with Crippen LogP contribution < -0.4 is 20.3 Å². The second-order valence-corrected chi connectivity index (χ2v) is 4.84. The van der Waals surface area contributed by atoms with Gasteiger partial charge in [0.2, 0.25) is 21.7 Å². The molecule has 4 rings (SSSR count). The third-order valence-corrected chi connectivity index (χ3v) is 3.78. The van der Waals surface area contributed by atoms with Gasteiger partial charge in [0, 0.05) is 10.8 Å². The lowest BCUT2D eigenvalue weighted by Gasteiger charge is -2.09. The van der Waals surface area contributed by atoms with Crippen LogP contribution in [0.5, 0.6) is 11.5 Å². The fraction of sp³-hybridized carbons (Fsp3) is 0.125. The molecule has 2 aromatic rings. The Morgan fingerprint density at radius 2 is 1.52 bits per heavy atom. The average Bonchev–Trinajstić information content (AvgIpc) is 3.31. The third-order valence-electron chi connectivity index (χ3n) is 3.78. The van der Waals surface area contributed by atoms with E-state index in [4.69, 9.17) is 13.9 Å². The first-order valence-electron chi connectivity index (χ1n) is 6.36. The highest BCUT2D eigenvalue weighted by atomic mass is 16.5. The number of hydrogen-bond acceptors (Lipinski definition) is 5. The molecule has 1 aliphatic heterocycles. The standard InChI is InChI=1S/C16H10O5/c1-19-10-5-7-3-4-8-12(9(7)6-11(10)20-2)14(18)16-15(21-16)13(8)17/h3-6H,1-2H3. The summed E-state index contributed by atoms with van der Waals surface area (Å²) in [5.74, 6) is 1.08. The third kappa shape index (κ3) is 1.45. The Morgan fingerprint density at radius 1 is 0.857 bits per heavy atom. The van der Waals surface area contributed by atoms with Crippen LogP contribution in [0.1, 0.15) is 0 Å². The Kier molecular flexibility index (Phi) is 2.19. The monoisotopic (exact) mass is 282 g/mol. The molecule has 0 fully saturated rings. The summed E-state index contributed by atoms with van der Waals surface area (Å²) in [6.07, 6.45) is 0. The van der Waals surface area contributed by atoms with E-state index in [0.29, 0.717) is 27.7 Å². The van der Waals surface area contributed by atoms with E-state index in [1.165, 1.54) is 7.11 Å². The number of methoxy groups -OCH3 is 2. The molecule has 0 atom stereocenters. The first kappa shape index (κ1) is 12.0. The minimum atomic E-state index is -0.252. The van der Waals surface area contributed by atoms with Gasteiger partial charge in [-0.05, 0) is 29.0 Å². The SMILES string of the molecule is COc1cc2ccc3c(=O)c4oc=4c(=O)c3c2cc1OC. The van der Waals surface area contributed by atoms with E-state index in [-0.39, 0.29) is 21.7 Å². The second-order valence-electron chi connectivity index (χ2n) is 4.84. The van der Waals surface area contributed by atoms with Crippen LogP contribution in [0.3, 0.4) is 0 Å². The summed E-state index contributed by atoms with van der Waals surface area (Å²) in [6.45, 7) is 0. The maximum Gasteiger partial charge on any atom is 0.233 e. The summed E-state index contributed by atoms with van der Waals surface area (Å²) in [7, 11) is 3.07. The van der Waals surface area contributed by atoms with Gasteiger partial charge in [-0.15, -0.1) is 0 Å². The highest BCUT2D eigenvalue weighted by Crippen LogP contribution is 2.34. The minimum Gasteiger partial charge on any atom is -0.493 e. The molecule has 0 unspecified atom stereocenters. The zero-order valence-electron chi connectivity index (χ0n) is 11.4. The summed E-state index contributed by atoms with van der Waals surface area (Å²) in [6, 6.07) is 6.93. The van der Waals surface area contributed by atoms with Crippen LogP contribution in [0.15, 0.2) is 38.3 Å². The molecule has 0 bridgehead atoms. The Balaban J connectivity index is 2.29. The zero-order chi connectivity index (χ0) is 14.7. The zero-order valence-corrected chi connectivity index (χ0v) is 11.4. The van der Waals surface area contributed by atoms with Gasteiger partial charge in [-0.25, -0.2) is 0 Å². The molecule has 0 saturated carbocycles. The van der Waals surface area contributed by atoms with Crippen LogP contribution in [-0.4, -0.2) is 14.2 Å². The predicted molar refractivity (Wildman–Crippen MR) is 77.0 cm³/mol. The molecule has 0 N–H and O–H groups in total. The number of benzene rings is 2. The van der Waals surface area contributed by atoms with Crippen molar-refractivity contribution in [2.75, 3.05) is 14.2 Å². The van der Waals surface area contributed by atoms with Crippen molar-refractivity contribution in [2.24, 2.45) is 0 Å². The van der Waals surface area contributed by atoms with Crippen LogP contribution in [0, 0.1) is 10.8 Å². The molecule has 0 radical (unpaired) electrons. The van der Waals surface area contributed by atoms with Crippen molar-refractivity contribution in [3.63, 3.8) is 0 Å². The first-order valence-corrected chi connectivity index (χ1v) is 6.36. The van der Waals surface area contributed by atoms with Gasteiger partial charge in [0.25, 0.3) is 0 Å². The van der Waals surface area contributed by atoms with Crippen molar-refractivity contribution in [3.05, 3.63) is 55.5 Å². The van der Waals surface area contributed by atoms with Crippen LogP contribution in [0.25, 0.3) is 21.5 Å². The lowest BCUT2D eigenvalue weighted by atomic mass is 10.0. The highest BCUT2D eigenvalue weighted by molar-refractivity contribution is 6.08. The second kappa shape index (κ2) is 3.85. The van der Waals surface area contributed by atoms with Crippen LogP contribution >= 0.6 is 0 Å². The van der Waals surface area contributed by atoms with Gasteiger partial charge < -0.3 is 13.9 Å². The van der Waals surface area contributed by atoms with Crippen LogP contribution in [-0.2, 0) is 0 Å². The highest BCUT2D eigenvalue weighted by Gasteiger charge is 2.19. The maximum atomic E-state index is 12.4. The van der Waals surface area contributed by atoms with Crippen molar-refractivity contribution in [2.45, 2.75) is 0 Å². The minimum absolute atomic E-state index is 0.162. The largest absolute Gasteiger partial charge is 0.493 e. The Morgan fingerprint density at radius 3 is 2.24 bits per heavy atom. The Bertz CT molecular complexity index is 1140. The predicted octanol–water partition coefficient (Wildman–Crippen LogP) is 1.92. The summed E-state index contributed by atoms with van der Waals surface area (Å²) < 4.78 is 15.5. The molecule has 104 valence electrons. The molecule has 1 aliphatic carbocycles. The molecule has 5 nitrogen and oxygen atoms in total. The van der Waals surface area contributed by atoms with Gasteiger partial charge in [-0.1, -0.05) is 6.07 Å². The van der Waals surface area contributed by atoms with E-state index in [1.54, 1.807) is 31.4 Å². The number of fused-ring (bicyclic) bond motifs is 3. The van der Waals surface area contributed by atoms with Gasteiger partial charge in [-0.2, -0.15) is 0 Å². The normalized spacial score (nSPS) is 11.7. The average molecular weight is 282 g/mol. The molecule has 0 amide bonds. The molecule has 2 aromatic carbocycles. The molecule has 0 spiro atoms. The van der Waals surface area contributed by atoms with Crippen LogP contribution in [0.2, 0.25) is 0 Å². The van der Waals surface area contributed by atoms with Crippen molar-refractivity contribution >= 4 is 21.5 Å². The lowest BCUT2D eigenvalue weighted by Crippen LogP contribution is -2.08. The molecule has 2 aliphatic rings. The molecule has 0 aromatic heterocycles. The fourth-order valence-corrected chi connectivity index (χ4v) is 2.70. The summed E-state index contributed by atoms with van der Waals surface area (Å²) in [5, 5.41) is 2.20. The summed E-state index contributed by atoms with van der Waals surface area (Å²) in [5.41, 5.74) is -0.157. The topological polar surface area (TPSA) is 65.7 Å². The number of ether oxygens (including phenoxy) is 2. The molecule has 5 heteroatoms. The van der Waals surface area contributed by atoms with E-state index >= 15 is 0 Å². The van der Waals surface area contributed by atoms with E-state index < -0.39 is 0 Å². The van der Waals surface area contributed by atoms with E-state index in [0.717, 1.165) is 5.39 Å². The van der Waals surface area contributed by atoms with E-state index in [1.807, 2.05) is 0 Å². The first-order chi connectivity index (χ1) is 10.2. The summed E-state index contributed by atoms with van der Waals surface area (Å²) >= 11 is 0. The molecule has 21 heavy (non-hydrogen) atoms. The summed E-state index contributed by atoms with van der Waals surface area (Å²) in [4.78, 5) is 24.5. The Hall–Kier alpha value is -2.82. The van der Waals surface area contributed by atoms with Crippen molar-refractivity contribution in [1.29, 1.82) is 0 Å². The van der Waals surface area contributed by atoms with Gasteiger partial charge in [-0.3, -0.25) is 9.59 Å². The quantitative estimate of drug-likeness (QED) is 0.562. The van der Waals surface area contributed by atoms with Crippen molar-refractivity contribution in [3.8, 4) is 11.5 Å². The molecule has 0 saturated heterocycles. The van der Waals surface area contributed by atoms with Gasteiger partial charge in [0.1, 0.15) is 0 Å². The number of hydrogen-bond donors (Lipinski definition) is 0. The van der Waals surface area contributed by atoms with Crippen molar-refractivity contribution in [1.82, 2.24) is 0 Å². The van der Waals surface area contributed by atoms with Crippen LogP contribution in [0.4, 0.5) is 0 Å².